The molecule has 1 aromatic heterocycles. The van der Waals surface area contributed by atoms with E-state index in [9.17, 15) is 4.79 Å². The molecule has 162 valence electrons. The molecular weight excluding hydrogens is 396 g/mol. The molecule has 5 nitrogen and oxygen atoms in total. The number of hydrogen-bond donors (Lipinski definition) is 0. The van der Waals surface area contributed by atoms with Crippen LogP contribution in [-0.2, 0) is 17.8 Å². The van der Waals surface area contributed by atoms with Crippen molar-refractivity contribution in [3.05, 3.63) is 90.8 Å². The van der Waals surface area contributed by atoms with E-state index in [4.69, 9.17) is 0 Å². The summed E-state index contributed by atoms with van der Waals surface area (Å²) >= 11 is 0. The highest BCUT2D eigenvalue weighted by Gasteiger charge is 2.21. The second-order valence-corrected chi connectivity index (χ2v) is 8.35. The number of carbonyl (C=O) groups excluding carboxylic acids is 1. The molecule has 1 aliphatic rings. The highest BCUT2D eigenvalue weighted by Crippen LogP contribution is 2.20. The van der Waals surface area contributed by atoms with Crippen LogP contribution in [-0.4, -0.2) is 58.0 Å². The van der Waals surface area contributed by atoms with Gasteiger partial charge in [-0.3, -0.25) is 9.69 Å². The summed E-state index contributed by atoms with van der Waals surface area (Å²) in [5.74, 6) is 1.23. The third kappa shape index (κ3) is 4.43. The largest absolute Gasteiger partial charge is 0.340 e. The lowest BCUT2D eigenvalue weighted by molar-refractivity contribution is -0.132. The van der Waals surface area contributed by atoms with Crippen molar-refractivity contribution in [2.75, 3.05) is 32.7 Å². The van der Waals surface area contributed by atoms with Crippen LogP contribution in [0.25, 0.3) is 22.2 Å². The topological polar surface area (TPSA) is 41.4 Å². The summed E-state index contributed by atoms with van der Waals surface area (Å²) < 4.78 is 2.22. The van der Waals surface area contributed by atoms with Crippen LogP contribution in [0.3, 0.4) is 0 Å². The van der Waals surface area contributed by atoms with Crippen molar-refractivity contribution < 1.29 is 4.79 Å². The van der Waals surface area contributed by atoms with Crippen molar-refractivity contribution in [2.45, 2.75) is 13.0 Å². The zero-order valence-electron chi connectivity index (χ0n) is 18.2. The predicted octanol–water partition coefficient (Wildman–Crippen LogP) is 4.09. The number of aromatic nitrogens is 2. The van der Waals surface area contributed by atoms with Crippen LogP contribution < -0.4 is 0 Å². The van der Waals surface area contributed by atoms with Gasteiger partial charge in [0.15, 0.2) is 0 Å². The first-order valence-electron chi connectivity index (χ1n) is 11.3. The molecule has 1 saturated heterocycles. The number of rotatable bonds is 6. The average Bonchev–Trinajstić information content (AvgIpc) is 3.32. The monoisotopic (exact) mass is 424 g/mol. The molecule has 0 radical (unpaired) electrons. The van der Waals surface area contributed by atoms with Crippen LogP contribution in [0.4, 0.5) is 0 Å². The van der Waals surface area contributed by atoms with Gasteiger partial charge in [-0.05, 0) is 16.3 Å². The molecule has 5 rings (SSSR count). The lowest BCUT2D eigenvalue weighted by atomic mass is 10.0. The Hall–Kier alpha value is -3.44. The van der Waals surface area contributed by atoms with Gasteiger partial charge < -0.3 is 9.47 Å². The molecular formula is C27H28N4O. The summed E-state index contributed by atoms with van der Waals surface area (Å²) in [6.45, 7) is 5.27. The van der Waals surface area contributed by atoms with Crippen molar-refractivity contribution in [1.29, 1.82) is 0 Å². The van der Waals surface area contributed by atoms with Gasteiger partial charge in [-0.25, -0.2) is 4.98 Å². The molecule has 32 heavy (non-hydrogen) atoms. The van der Waals surface area contributed by atoms with Crippen LogP contribution in [0, 0.1) is 0 Å². The average molecular weight is 425 g/mol. The first-order chi connectivity index (χ1) is 15.8. The van der Waals surface area contributed by atoms with Gasteiger partial charge in [-0.2, -0.15) is 0 Å². The minimum Gasteiger partial charge on any atom is -0.340 e. The van der Waals surface area contributed by atoms with E-state index in [1.54, 1.807) is 0 Å². The number of piperazine rings is 1. The van der Waals surface area contributed by atoms with Crippen molar-refractivity contribution >= 4 is 16.7 Å². The van der Waals surface area contributed by atoms with Gasteiger partial charge >= 0.3 is 0 Å². The molecule has 5 heteroatoms. The first-order valence-corrected chi connectivity index (χ1v) is 11.3. The molecule has 1 aliphatic heterocycles. The van der Waals surface area contributed by atoms with E-state index in [2.05, 4.69) is 50.8 Å². The summed E-state index contributed by atoms with van der Waals surface area (Å²) in [4.78, 5) is 22.0. The molecule has 3 aromatic carbocycles. The number of carbonyl (C=O) groups is 1. The number of imidazole rings is 1. The maximum absolute atomic E-state index is 13.0. The molecule has 0 unspecified atom stereocenters. The Labute approximate surface area is 188 Å². The van der Waals surface area contributed by atoms with Gasteiger partial charge in [-0.15, -0.1) is 0 Å². The number of benzene rings is 3. The van der Waals surface area contributed by atoms with Crippen LogP contribution in [0.2, 0.25) is 0 Å². The zero-order valence-corrected chi connectivity index (χ0v) is 18.2. The van der Waals surface area contributed by atoms with E-state index in [1.807, 2.05) is 53.7 Å². The molecule has 4 aromatic rings. The van der Waals surface area contributed by atoms with Crippen molar-refractivity contribution in [3.8, 4) is 11.4 Å². The maximum atomic E-state index is 13.0. The predicted molar refractivity (Wildman–Crippen MR) is 128 cm³/mol. The maximum Gasteiger partial charge on any atom is 0.227 e. The molecule has 1 amide bonds. The van der Waals surface area contributed by atoms with Crippen molar-refractivity contribution in [1.82, 2.24) is 19.4 Å². The van der Waals surface area contributed by atoms with Crippen molar-refractivity contribution in [2.24, 2.45) is 0 Å². The molecule has 2 heterocycles. The van der Waals surface area contributed by atoms with E-state index in [1.165, 1.54) is 10.8 Å². The third-order valence-electron chi connectivity index (χ3n) is 6.35. The standard InChI is InChI=1S/C27H28N4O/c32-26(21-24-11-6-10-22-7-4-5-12-25(22)24)30-18-15-29(16-19-30)17-20-31-14-13-28-27(31)23-8-2-1-3-9-23/h1-14H,15-21H2. The fourth-order valence-corrected chi connectivity index (χ4v) is 4.53. The summed E-state index contributed by atoms with van der Waals surface area (Å²) in [6, 6.07) is 24.8. The Balaban J connectivity index is 1.15. The van der Waals surface area contributed by atoms with E-state index in [0.717, 1.165) is 56.2 Å². The van der Waals surface area contributed by atoms with Gasteiger partial charge in [-0.1, -0.05) is 72.8 Å². The van der Waals surface area contributed by atoms with E-state index >= 15 is 0 Å². The number of amides is 1. The molecule has 1 fully saturated rings. The SMILES string of the molecule is O=C(Cc1cccc2ccccc12)N1CCN(CCn2ccnc2-c2ccccc2)CC1. The zero-order chi connectivity index (χ0) is 21.8. The van der Waals surface area contributed by atoms with Crippen LogP contribution in [0.15, 0.2) is 85.2 Å². The van der Waals surface area contributed by atoms with Gasteiger partial charge in [0.25, 0.3) is 0 Å². The lowest BCUT2D eigenvalue weighted by Crippen LogP contribution is -2.49. The highest BCUT2D eigenvalue weighted by molar-refractivity contribution is 5.90. The van der Waals surface area contributed by atoms with Crippen molar-refractivity contribution in [3.63, 3.8) is 0 Å². The second kappa shape index (κ2) is 9.37. The van der Waals surface area contributed by atoms with E-state index in [0.29, 0.717) is 6.42 Å². The normalized spacial score (nSPS) is 14.7. The van der Waals surface area contributed by atoms with Crippen LogP contribution >= 0.6 is 0 Å². The number of fused-ring (bicyclic) bond motifs is 1. The fourth-order valence-electron chi connectivity index (χ4n) is 4.53. The quantitative estimate of drug-likeness (QED) is 0.468. The minimum atomic E-state index is 0.224. The number of hydrogen-bond acceptors (Lipinski definition) is 3. The molecule has 0 N–H and O–H groups in total. The summed E-state index contributed by atoms with van der Waals surface area (Å²) in [6.07, 6.45) is 4.38. The lowest BCUT2D eigenvalue weighted by Gasteiger charge is -2.35. The van der Waals surface area contributed by atoms with Gasteiger partial charge in [0.1, 0.15) is 5.82 Å². The van der Waals surface area contributed by atoms with E-state index in [-0.39, 0.29) is 5.91 Å². The Morgan fingerprint density at radius 3 is 2.41 bits per heavy atom. The highest BCUT2D eigenvalue weighted by atomic mass is 16.2. The fraction of sp³-hybridized carbons (Fsp3) is 0.259. The van der Waals surface area contributed by atoms with Crippen LogP contribution in [0.1, 0.15) is 5.56 Å². The number of nitrogens with zero attached hydrogens (tertiary/aromatic N) is 4. The molecule has 0 bridgehead atoms. The van der Waals surface area contributed by atoms with Gasteiger partial charge in [0.2, 0.25) is 5.91 Å². The Morgan fingerprint density at radius 1 is 0.812 bits per heavy atom. The van der Waals surface area contributed by atoms with Crippen LogP contribution in [0.5, 0.6) is 0 Å². The molecule has 0 aliphatic carbocycles. The smallest absolute Gasteiger partial charge is 0.227 e. The molecule has 0 saturated carbocycles. The van der Waals surface area contributed by atoms with E-state index < -0.39 is 0 Å². The summed E-state index contributed by atoms with van der Waals surface area (Å²) in [5.41, 5.74) is 2.26. The molecule has 0 spiro atoms. The van der Waals surface area contributed by atoms with Gasteiger partial charge in [0.05, 0.1) is 6.42 Å². The molecule has 0 atom stereocenters. The third-order valence-corrected chi connectivity index (χ3v) is 6.35. The Kier molecular flexibility index (Phi) is 5.99. The second-order valence-electron chi connectivity index (χ2n) is 8.35. The van der Waals surface area contributed by atoms with Gasteiger partial charge in [0, 0.05) is 57.2 Å². The summed E-state index contributed by atoms with van der Waals surface area (Å²) in [5, 5.41) is 2.37. The summed E-state index contributed by atoms with van der Waals surface area (Å²) in [7, 11) is 0. The Morgan fingerprint density at radius 2 is 1.56 bits per heavy atom. The minimum absolute atomic E-state index is 0.224. The first kappa shape index (κ1) is 20.5. The Bertz CT molecular complexity index is 1190.